The molecule has 0 N–H and O–H groups in total. The van der Waals surface area contributed by atoms with Crippen molar-refractivity contribution in [2.75, 3.05) is 0 Å². The van der Waals surface area contributed by atoms with Gasteiger partial charge in [0.25, 0.3) is 0 Å². The molecule has 0 aliphatic carbocycles. The second-order valence-corrected chi connectivity index (χ2v) is 5.36. The van der Waals surface area contributed by atoms with Crippen LogP contribution in [0.5, 0.6) is 0 Å². The molecule has 0 atom stereocenters. The van der Waals surface area contributed by atoms with Crippen LogP contribution in [0.1, 0.15) is 16.0 Å². The lowest BCUT2D eigenvalue weighted by atomic mass is 10.1. The van der Waals surface area contributed by atoms with E-state index >= 15 is 0 Å². The number of benzene rings is 1. The fraction of sp³-hybridized carbons (Fsp3) is 0.0625. The van der Waals surface area contributed by atoms with Gasteiger partial charge >= 0.3 is 5.97 Å². The number of thiophene rings is 1. The Kier molecular flexibility index (Phi) is 3.05. The van der Waals surface area contributed by atoms with Gasteiger partial charge in [-0.05, 0) is 30.5 Å². The van der Waals surface area contributed by atoms with Gasteiger partial charge in [0.2, 0.25) is 0 Å². The second-order valence-electron chi connectivity index (χ2n) is 4.38. The molecule has 0 spiro atoms. The van der Waals surface area contributed by atoms with Crippen LogP contribution in [-0.4, -0.2) is 5.97 Å². The SMILES string of the molecule is Cc1ccc(C2=C/C(=C/c3cccs3)C(=O)O2)cc1. The number of esters is 1. The molecule has 19 heavy (non-hydrogen) atoms. The van der Waals surface area contributed by atoms with Gasteiger partial charge in [0, 0.05) is 10.4 Å². The van der Waals surface area contributed by atoms with E-state index in [0.717, 1.165) is 10.4 Å². The summed E-state index contributed by atoms with van der Waals surface area (Å²) >= 11 is 1.60. The van der Waals surface area contributed by atoms with Crippen LogP contribution < -0.4 is 0 Å². The zero-order valence-corrected chi connectivity index (χ0v) is 11.2. The number of hydrogen-bond acceptors (Lipinski definition) is 3. The molecule has 1 aliphatic heterocycles. The van der Waals surface area contributed by atoms with Crippen molar-refractivity contribution in [1.82, 2.24) is 0 Å². The zero-order valence-electron chi connectivity index (χ0n) is 10.4. The molecule has 0 amide bonds. The highest BCUT2D eigenvalue weighted by molar-refractivity contribution is 7.10. The highest BCUT2D eigenvalue weighted by atomic mass is 32.1. The van der Waals surface area contributed by atoms with Crippen LogP contribution >= 0.6 is 11.3 Å². The van der Waals surface area contributed by atoms with E-state index in [0.29, 0.717) is 11.3 Å². The molecule has 0 saturated heterocycles. The Bertz CT molecular complexity index is 661. The Morgan fingerprint density at radius 3 is 2.63 bits per heavy atom. The van der Waals surface area contributed by atoms with E-state index in [-0.39, 0.29) is 5.97 Å². The minimum absolute atomic E-state index is 0.288. The third-order valence-electron chi connectivity index (χ3n) is 2.90. The van der Waals surface area contributed by atoms with Gasteiger partial charge in [-0.2, -0.15) is 0 Å². The van der Waals surface area contributed by atoms with Crippen LogP contribution in [0.2, 0.25) is 0 Å². The van der Waals surface area contributed by atoms with E-state index in [1.165, 1.54) is 5.56 Å². The lowest BCUT2D eigenvalue weighted by Gasteiger charge is -2.01. The largest absolute Gasteiger partial charge is 0.422 e. The molecular formula is C16H12O2S. The fourth-order valence-corrected chi connectivity index (χ4v) is 2.54. The minimum Gasteiger partial charge on any atom is -0.422 e. The van der Waals surface area contributed by atoms with Crippen molar-refractivity contribution in [2.45, 2.75) is 6.92 Å². The second kappa shape index (κ2) is 4.86. The van der Waals surface area contributed by atoms with Gasteiger partial charge in [-0.3, -0.25) is 0 Å². The average molecular weight is 268 g/mol. The van der Waals surface area contributed by atoms with Crippen LogP contribution in [0.4, 0.5) is 0 Å². The van der Waals surface area contributed by atoms with Crippen LogP contribution in [0.15, 0.2) is 53.4 Å². The van der Waals surface area contributed by atoms with Crippen molar-refractivity contribution in [2.24, 2.45) is 0 Å². The van der Waals surface area contributed by atoms with E-state index in [1.54, 1.807) is 17.4 Å². The standard InChI is InChI=1S/C16H12O2S/c1-11-4-6-12(7-5-11)15-10-13(16(17)18-15)9-14-3-2-8-19-14/h2-10H,1H3/b13-9-. The summed E-state index contributed by atoms with van der Waals surface area (Å²) in [4.78, 5) is 12.9. The molecule has 1 aromatic heterocycles. The lowest BCUT2D eigenvalue weighted by molar-refractivity contribution is -0.130. The Morgan fingerprint density at radius 1 is 1.16 bits per heavy atom. The first-order chi connectivity index (χ1) is 9.22. The minimum atomic E-state index is -0.288. The summed E-state index contributed by atoms with van der Waals surface area (Å²) < 4.78 is 5.31. The lowest BCUT2D eigenvalue weighted by Crippen LogP contribution is -1.96. The van der Waals surface area contributed by atoms with E-state index in [2.05, 4.69) is 0 Å². The molecule has 1 aromatic carbocycles. The van der Waals surface area contributed by atoms with Crippen molar-refractivity contribution in [3.63, 3.8) is 0 Å². The van der Waals surface area contributed by atoms with Crippen molar-refractivity contribution in [1.29, 1.82) is 0 Å². The van der Waals surface area contributed by atoms with Gasteiger partial charge in [-0.25, -0.2) is 4.79 Å². The summed E-state index contributed by atoms with van der Waals surface area (Å²) in [7, 11) is 0. The smallest absolute Gasteiger partial charge is 0.343 e. The van der Waals surface area contributed by atoms with Gasteiger partial charge in [0.1, 0.15) is 5.76 Å². The third-order valence-corrected chi connectivity index (χ3v) is 3.72. The summed E-state index contributed by atoms with van der Waals surface area (Å²) in [5, 5.41) is 1.98. The first-order valence-electron chi connectivity index (χ1n) is 5.98. The Morgan fingerprint density at radius 2 is 1.95 bits per heavy atom. The fourth-order valence-electron chi connectivity index (χ4n) is 1.88. The number of rotatable bonds is 2. The molecule has 0 bridgehead atoms. The Hall–Kier alpha value is -2.13. The molecule has 2 heterocycles. The van der Waals surface area contributed by atoms with Gasteiger partial charge < -0.3 is 4.74 Å². The molecule has 0 saturated carbocycles. The number of ether oxygens (including phenoxy) is 1. The molecule has 0 radical (unpaired) electrons. The molecule has 3 rings (SSSR count). The highest BCUT2D eigenvalue weighted by Crippen LogP contribution is 2.28. The van der Waals surface area contributed by atoms with E-state index in [9.17, 15) is 4.79 Å². The summed E-state index contributed by atoms with van der Waals surface area (Å²) in [6.45, 7) is 2.03. The van der Waals surface area contributed by atoms with Crippen LogP contribution in [0.3, 0.4) is 0 Å². The molecule has 1 aliphatic rings. The molecule has 2 nitrogen and oxygen atoms in total. The van der Waals surface area contributed by atoms with Crippen molar-refractivity contribution in [3.8, 4) is 0 Å². The van der Waals surface area contributed by atoms with Gasteiger partial charge in [0.15, 0.2) is 0 Å². The monoisotopic (exact) mass is 268 g/mol. The Labute approximate surface area is 115 Å². The molecule has 94 valence electrons. The number of aryl methyl sites for hydroxylation is 1. The van der Waals surface area contributed by atoms with Crippen LogP contribution in [0, 0.1) is 6.92 Å². The number of carbonyl (C=O) groups is 1. The van der Waals surface area contributed by atoms with E-state index in [1.807, 2.05) is 54.8 Å². The van der Waals surface area contributed by atoms with Crippen LogP contribution in [-0.2, 0) is 9.53 Å². The van der Waals surface area contributed by atoms with Crippen LogP contribution in [0.25, 0.3) is 11.8 Å². The maximum atomic E-state index is 11.8. The number of carbonyl (C=O) groups excluding carboxylic acids is 1. The normalized spacial score (nSPS) is 16.6. The predicted octanol–water partition coefficient (Wildman–Crippen LogP) is 4.04. The predicted molar refractivity (Wildman–Crippen MR) is 77.5 cm³/mol. The topological polar surface area (TPSA) is 26.3 Å². The van der Waals surface area contributed by atoms with E-state index in [4.69, 9.17) is 4.74 Å². The van der Waals surface area contributed by atoms with E-state index < -0.39 is 0 Å². The van der Waals surface area contributed by atoms with Gasteiger partial charge in [-0.15, -0.1) is 11.3 Å². The number of cyclic esters (lactones) is 1. The third kappa shape index (κ3) is 2.51. The Balaban J connectivity index is 1.93. The first-order valence-corrected chi connectivity index (χ1v) is 6.86. The number of hydrogen-bond donors (Lipinski definition) is 0. The molecule has 2 aromatic rings. The summed E-state index contributed by atoms with van der Waals surface area (Å²) in [6, 6.07) is 11.9. The van der Waals surface area contributed by atoms with Crippen molar-refractivity contribution >= 4 is 29.1 Å². The maximum absolute atomic E-state index is 11.8. The summed E-state index contributed by atoms with van der Waals surface area (Å²) in [6.07, 6.45) is 3.65. The zero-order chi connectivity index (χ0) is 13.2. The van der Waals surface area contributed by atoms with Crippen molar-refractivity contribution in [3.05, 3.63) is 69.4 Å². The molecule has 0 fully saturated rings. The molecular weight excluding hydrogens is 256 g/mol. The maximum Gasteiger partial charge on any atom is 0.343 e. The average Bonchev–Trinajstić information content (AvgIpc) is 3.02. The van der Waals surface area contributed by atoms with Gasteiger partial charge in [-0.1, -0.05) is 35.9 Å². The quantitative estimate of drug-likeness (QED) is 0.607. The first kappa shape index (κ1) is 11.9. The highest BCUT2D eigenvalue weighted by Gasteiger charge is 2.21. The van der Waals surface area contributed by atoms with Crippen molar-refractivity contribution < 1.29 is 9.53 Å². The summed E-state index contributed by atoms with van der Waals surface area (Å²) in [5.74, 6) is 0.330. The van der Waals surface area contributed by atoms with Gasteiger partial charge in [0.05, 0.1) is 5.57 Å². The molecule has 3 heteroatoms. The molecule has 0 unspecified atom stereocenters. The summed E-state index contributed by atoms with van der Waals surface area (Å²) in [5.41, 5.74) is 2.70.